The second-order valence-electron chi connectivity index (χ2n) is 9.31. The van der Waals surface area contributed by atoms with E-state index in [0.29, 0.717) is 37.4 Å². The maximum atomic E-state index is 13.2. The van der Waals surface area contributed by atoms with E-state index in [9.17, 15) is 9.59 Å². The van der Waals surface area contributed by atoms with E-state index in [1.54, 1.807) is 18.5 Å². The van der Waals surface area contributed by atoms with E-state index in [1.165, 1.54) is 5.56 Å². The molecule has 7 heteroatoms. The van der Waals surface area contributed by atoms with Crippen LogP contribution in [0.3, 0.4) is 0 Å². The summed E-state index contributed by atoms with van der Waals surface area (Å²) in [5.41, 5.74) is 2.29. The molecular weight excluding hydrogens is 426 g/mol. The topological polar surface area (TPSA) is 78.4 Å². The number of nitrogens with one attached hydrogen (secondary N) is 1. The third kappa shape index (κ3) is 4.38. The van der Waals surface area contributed by atoms with Gasteiger partial charge < -0.3 is 15.1 Å². The Kier molecular flexibility index (Phi) is 6.01. The molecule has 2 aliphatic rings. The minimum atomic E-state index is -0.348. The van der Waals surface area contributed by atoms with Crippen molar-refractivity contribution in [3.8, 4) is 0 Å². The SMILES string of the molecule is CN1C(=O)C2(CCN(C(=O)c3cccc(Nc4ncccn4)c3)CC2)C[C@@H]1Cc1ccccc1. The average Bonchev–Trinajstić information content (AvgIpc) is 3.10. The fraction of sp³-hybridized carbons (Fsp3) is 0.333. The maximum absolute atomic E-state index is 13.2. The van der Waals surface area contributed by atoms with E-state index < -0.39 is 0 Å². The Morgan fingerprint density at radius 3 is 2.50 bits per heavy atom. The summed E-state index contributed by atoms with van der Waals surface area (Å²) in [6.07, 6.45) is 6.49. The highest BCUT2D eigenvalue weighted by Crippen LogP contribution is 2.44. The molecule has 7 nitrogen and oxygen atoms in total. The molecule has 2 fully saturated rings. The summed E-state index contributed by atoms with van der Waals surface area (Å²) in [5, 5.41) is 3.13. The first-order valence-electron chi connectivity index (χ1n) is 11.8. The lowest BCUT2D eigenvalue weighted by atomic mass is 9.75. The van der Waals surface area contributed by atoms with Crippen molar-refractivity contribution in [2.24, 2.45) is 5.41 Å². The van der Waals surface area contributed by atoms with Crippen LogP contribution in [0.2, 0.25) is 0 Å². The van der Waals surface area contributed by atoms with Gasteiger partial charge in [-0.05, 0) is 55.5 Å². The number of rotatable bonds is 5. The molecule has 0 unspecified atom stereocenters. The number of anilines is 2. The van der Waals surface area contributed by atoms with Crippen molar-refractivity contribution in [3.05, 3.63) is 84.2 Å². The highest BCUT2D eigenvalue weighted by Gasteiger charge is 2.51. The zero-order chi connectivity index (χ0) is 23.5. The average molecular weight is 456 g/mol. The van der Waals surface area contributed by atoms with E-state index in [-0.39, 0.29) is 23.3 Å². The van der Waals surface area contributed by atoms with Gasteiger partial charge in [0.25, 0.3) is 5.91 Å². The fourth-order valence-electron chi connectivity index (χ4n) is 5.27. The number of amides is 2. The molecule has 174 valence electrons. The first-order valence-corrected chi connectivity index (χ1v) is 11.8. The van der Waals surface area contributed by atoms with E-state index in [4.69, 9.17) is 0 Å². The number of hydrogen-bond acceptors (Lipinski definition) is 5. The van der Waals surface area contributed by atoms with Crippen molar-refractivity contribution in [1.82, 2.24) is 19.8 Å². The van der Waals surface area contributed by atoms with E-state index >= 15 is 0 Å². The van der Waals surface area contributed by atoms with Crippen molar-refractivity contribution in [2.45, 2.75) is 31.7 Å². The van der Waals surface area contributed by atoms with Crippen LogP contribution < -0.4 is 5.32 Å². The lowest BCUT2D eigenvalue weighted by Gasteiger charge is -2.37. The molecule has 3 heterocycles. The molecule has 2 saturated heterocycles. The van der Waals surface area contributed by atoms with Crippen molar-refractivity contribution in [1.29, 1.82) is 0 Å². The molecule has 0 bridgehead atoms. The van der Waals surface area contributed by atoms with Crippen LogP contribution in [0.1, 0.15) is 35.2 Å². The van der Waals surface area contributed by atoms with Crippen LogP contribution in [0.5, 0.6) is 0 Å². The minimum Gasteiger partial charge on any atom is -0.342 e. The number of carbonyl (C=O) groups is 2. The molecule has 2 amide bonds. The summed E-state index contributed by atoms with van der Waals surface area (Å²) in [7, 11) is 1.93. The number of nitrogens with zero attached hydrogens (tertiary/aromatic N) is 4. The second-order valence-corrected chi connectivity index (χ2v) is 9.31. The Labute approximate surface area is 199 Å². The molecule has 5 rings (SSSR count). The summed E-state index contributed by atoms with van der Waals surface area (Å²) in [5.74, 6) is 0.711. The van der Waals surface area contributed by atoms with Crippen molar-refractivity contribution >= 4 is 23.5 Å². The standard InChI is InChI=1S/C27H29N5O2/c1-31-23(17-20-7-3-2-4-8-20)19-27(25(31)34)11-15-32(16-12-27)24(33)21-9-5-10-22(18-21)30-26-28-13-6-14-29-26/h2-10,13-14,18,23H,11-12,15-17,19H2,1H3,(H,28,29,30)/t23-/m0/s1. The number of benzene rings is 2. The van der Waals surface area contributed by atoms with Crippen molar-refractivity contribution in [2.75, 3.05) is 25.5 Å². The Balaban J connectivity index is 1.23. The van der Waals surface area contributed by atoms with Gasteiger partial charge >= 0.3 is 0 Å². The molecule has 0 saturated carbocycles. The van der Waals surface area contributed by atoms with Gasteiger partial charge in [-0.15, -0.1) is 0 Å². The van der Waals surface area contributed by atoms with Gasteiger partial charge in [0, 0.05) is 49.8 Å². The minimum absolute atomic E-state index is 0.00730. The molecule has 1 N–H and O–H groups in total. The molecule has 1 aromatic heterocycles. The number of likely N-dealkylation sites (tertiary alicyclic amines) is 2. The lowest BCUT2D eigenvalue weighted by Crippen LogP contribution is -2.46. The Bertz CT molecular complexity index is 1160. The van der Waals surface area contributed by atoms with Gasteiger partial charge in [0.1, 0.15) is 0 Å². The highest BCUT2D eigenvalue weighted by atomic mass is 16.2. The van der Waals surface area contributed by atoms with Crippen LogP contribution in [0.4, 0.5) is 11.6 Å². The van der Waals surface area contributed by atoms with Crippen LogP contribution in [0.25, 0.3) is 0 Å². The molecule has 2 aromatic carbocycles. The first-order chi connectivity index (χ1) is 16.5. The summed E-state index contributed by atoms with van der Waals surface area (Å²) >= 11 is 0. The van der Waals surface area contributed by atoms with Crippen LogP contribution >= 0.6 is 0 Å². The number of likely N-dealkylation sites (N-methyl/N-ethyl adjacent to an activating group) is 1. The molecule has 3 aromatic rings. The van der Waals surface area contributed by atoms with Gasteiger partial charge in [0.05, 0.1) is 5.41 Å². The Hall–Kier alpha value is -3.74. The van der Waals surface area contributed by atoms with Gasteiger partial charge in [-0.25, -0.2) is 9.97 Å². The summed E-state index contributed by atoms with van der Waals surface area (Å²) in [6.45, 7) is 1.19. The molecule has 2 aliphatic heterocycles. The summed E-state index contributed by atoms with van der Waals surface area (Å²) in [4.78, 5) is 38.6. The van der Waals surface area contributed by atoms with Gasteiger partial charge in [-0.2, -0.15) is 0 Å². The van der Waals surface area contributed by atoms with Gasteiger partial charge in [0.2, 0.25) is 11.9 Å². The van der Waals surface area contributed by atoms with Crippen LogP contribution in [-0.4, -0.2) is 57.8 Å². The molecule has 1 spiro atoms. The quantitative estimate of drug-likeness (QED) is 0.631. The largest absolute Gasteiger partial charge is 0.342 e. The Morgan fingerprint density at radius 2 is 1.76 bits per heavy atom. The molecular formula is C27H29N5O2. The maximum Gasteiger partial charge on any atom is 0.253 e. The predicted octanol–water partition coefficient (Wildman–Crippen LogP) is 3.92. The highest BCUT2D eigenvalue weighted by molar-refractivity contribution is 5.95. The number of aromatic nitrogens is 2. The molecule has 0 radical (unpaired) electrons. The molecule has 0 aliphatic carbocycles. The third-order valence-electron chi connectivity index (χ3n) is 7.20. The third-order valence-corrected chi connectivity index (χ3v) is 7.20. The Morgan fingerprint density at radius 1 is 1.03 bits per heavy atom. The van der Waals surface area contributed by atoms with Crippen LogP contribution in [-0.2, 0) is 11.2 Å². The van der Waals surface area contributed by atoms with Crippen molar-refractivity contribution in [3.63, 3.8) is 0 Å². The summed E-state index contributed by atoms with van der Waals surface area (Å²) < 4.78 is 0. The first kappa shape index (κ1) is 22.1. The number of carbonyl (C=O) groups excluding carboxylic acids is 2. The number of piperidine rings is 1. The van der Waals surface area contributed by atoms with Gasteiger partial charge in [0.15, 0.2) is 0 Å². The number of hydrogen-bond donors (Lipinski definition) is 1. The zero-order valence-corrected chi connectivity index (χ0v) is 19.4. The smallest absolute Gasteiger partial charge is 0.253 e. The van der Waals surface area contributed by atoms with E-state index in [0.717, 1.165) is 18.5 Å². The van der Waals surface area contributed by atoms with Gasteiger partial charge in [-0.3, -0.25) is 9.59 Å². The second kappa shape index (κ2) is 9.25. The molecule has 34 heavy (non-hydrogen) atoms. The van der Waals surface area contributed by atoms with Gasteiger partial charge in [-0.1, -0.05) is 36.4 Å². The zero-order valence-electron chi connectivity index (χ0n) is 19.4. The van der Waals surface area contributed by atoms with Crippen LogP contribution in [0, 0.1) is 5.41 Å². The monoisotopic (exact) mass is 455 g/mol. The summed E-state index contributed by atoms with van der Waals surface area (Å²) in [6, 6.07) is 19.7. The normalized spacial score (nSPS) is 19.4. The van der Waals surface area contributed by atoms with E-state index in [2.05, 4.69) is 27.4 Å². The van der Waals surface area contributed by atoms with Crippen LogP contribution in [0.15, 0.2) is 73.1 Å². The lowest BCUT2D eigenvalue weighted by molar-refractivity contribution is -0.137. The van der Waals surface area contributed by atoms with E-state index in [1.807, 2.05) is 59.3 Å². The molecule has 1 atom stereocenters. The van der Waals surface area contributed by atoms with Crippen molar-refractivity contribution < 1.29 is 9.59 Å². The fourth-order valence-corrected chi connectivity index (χ4v) is 5.27. The predicted molar refractivity (Wildman–Crippen MR) is 131 cm³/mol.